The number of amides is 2. The number of benzene rings is 2. The number of likely N-dealkylation sites (tertiary alicyclic amines) is 1. The van der Waals surface area contributed by atoms with E-state index in [0.29, 0.717) is 19.5 Å². The van der Waals surface area contributed by atoms with E-state index >= 15 is 0 Å². The van der Waals surface area contributed by atoms with Crippen molar-refractivity contribution in [2.75, 3.05) is 26.8 Å². The molecule has 35 heavy (non-hydrogen) atoms. The molecule has 4 rings (SSSR count). The van der Waals surface area contributed by atoms with Crippen molar-refractivity contribution in [3.63, 3.8) is 0 Å². The summed E-state index contributed by atoms with van der Waals surface area (Å²) < 4.78 is 11.0. The molecule has 2 aromatic rings. The van der Waals surface area contributed by atoms with E-state index in [9.17, 15) is 14.4 Å². The highest BCUT2D eigenvalue weighted by Gasteiger charge is 2.38. The lowest BCUT2D eigenvalue weighted by Crippen LogP contribution is -2.60. The first kappa shape index (κ1) is 24.7. The second-order valence-electron chi connectivity index (χ2n) is 9.28. The quantitative estimate of drug-likeness (QED) is 0.538. The fourth-order valence-electron chi connectivity index (χ4n) is 4.95. The standard InChI is InChI=1S/C27H32N2O6/c1-17(34-2)25(26(32)29-14-18(15-29)8-7-13-24(30)31)28-27(33)35-16-23-21-11-5-3-9-19(21)20-10-4-6-12-22(20)23/h3-6,9-12,17-18,23,25H,7-8,13-16H2,1-2H3,(H,28,33)(H,30,31). The van der Waals surface area contributed by atoms with E-state index in [1.165, 1.54) is 7.11 Å². The van der Waals surface area contributed by atoms with Crippen molar-refractivity contribution in [1.29, 1.82) is 0 Å². The molecule has 0 saturated carbocycles. The fraction of sp³-hybridized carbons (Fsp3) is 0.444. The predicted molar refractivity (Wildman–Crippen MR) is 130 cm³/mol. The number of carboxylic acids is 1. The summed E-state index contributed by atoms with van der Waals surface area (Å²) in [4.78, 5) is 38.2. The fourth-order valence-corrected chi connectivity index (χ4v) is 4.95. The van der Waals surface area contributed by atoms with Gasteiger partial charge in [-0.2, -0.15) is 0 Å². The topological polar surface area (TPSA) is 105 Å². The van der Waals surface area contributed by atoms with Crippen molar-refractivity contribution in [2.45, 2.75) is 44.2 Å². The maximum Gasteiger partial charge on any atom is 0.407 e. The Bertz CT molecular complexity index is 1040. The molecule has 2 amide bonds. The molecule has 2 atom stereocenters. The van der Waals surface area contributed by atoms with Crippen molar-refractivity contribution >= 4 is 18.0 Å². The van der Waals surface area contributed by atoms with Gasteiger partial charge in [-0.3, -0.25) is 9.59 Å². The molecule has 0 radical (unpaired) electrons. The van der Waals surface area contributed by atoms with Crippen LogP contribution in [0.5, 0.6) is 0 Å². The van der Waals surface area contributed by atoms with Crippen molar-refractivity contribution < 1.29 is 29.0 Å². The van der Waals surface area contributed by atoms with E-state index in [4.69, 9.17) is 14.6 Å². The Morgan fingerprint density at radius 3 is 2.23 bits per heavy atom. The number of fused-ring (bicyclic) bond motifs is 3. The Morgan fingerprint density at radius 1 is 1.06 bits per heavy atom. The van der Waals surface area contributed by atoms with Crippen LogP contribution in [0.25, 0.3) is 11.1 Å². The molecule has 2 aromatic carbocycles. The van der Waals surface area contributed by atoms with E-state index in [0.717, 1.165) is 28.7 Å². The van der Waals surface area contributed by atoms with E-state index in [2.05, 4.69) is 29.6 Å². The minimum atomic E-state index is -0.865. The molecule has 1 fully saturated rings. The molecule has 1 heterocycles. The third-order valence-electron chi connectivity index (χ3n) is 7.00. The van der Waals surface area contributed by atoms with Gasteiger partial charge >= 0.3 is 12.1 Å². The van der Waals surface area contributed by atoms with Crippen molar-refractivity contribution in [3.05, 3.63) is 59.7 Å². The van der Waals surface area contributed by atoms with Crippen LogP contribution in [0.2, 0.25) is 0 Å². The van der Waals surface area contributed by atoms with Crippen LogP contribution in [0, 0.1) is 5.92 Å². The molecule has 8 nitrogen and oxygen atoms in total. The Labute approximate surface area is 205 Å². The molecule has 1 aliphatic heterocycles. The first-order valence-electron chi connectivity index (χ1n) is 12.0. The molecule has 0 spiro atoms. The number of carbonyl (C=O) groups is 3. The highest BCUT2D eigenvalue weighted by atomic mass is 16.5. The average molecular weight is 481 g/mol. The predicted octanol–water partition coefficient (Wildman–Crippen LogP) is 3.64. The van der Waals surface area contributed by atoms with Gasteiger partial charge in [0.15, 0.2) is 0 Å². The van der Waals surface area contributed by atoms with Gasteiger partial charge in [-0.1, -0.05) is 48.5 Å². The highest BCUT2D eigenvalue weighted by Crippen LogP contribution is 2.44. The number of aliphatic carboxylic acids is 1. The second kappa shape index (κ2) is 10.9. The number of carbonyl (C=O) groups excluding carboxylic acids is 2. The summed E-state index contributed by atoms with van der Waals surface area (Å²) in [5, 5.41) is 11.5. The van der Waals surface area contributed by atoms with Crippen LogP contribution in [-0.4, -0.2) is 66.9 Å². The lowest BCUT2D eigenvalue weighted by Gasteiger charge is -2.42. The van der Waals surface area contributed by atoms with Crippen LogP contribution in [-0.2, 0) is 19.1 Å². The minimum absolute atomic E-state index is 0.0657. The lowest BCUT2D eigenvalue weighted by molar-refractivity contribution is -0.143. The Balaban J connectivity index is 1.33. The first-order chi connectivity index (χ1) is 16.9. The van der Waals surface area contributed by atoms with Gasteiger partial charge < -0.3 is 24.8 Å². The Kier molecular flexibility index (Phi) is 7.70. The smallest absolute Gasteiger partial charge is 0.407 e. The van der Waals surface area contributed by atoms with Crippen molar-refractivity contribution in [1.82, 2.24) is 10.2 Å². The summed E-state index contributed by atoms with van der Waals surface area (Å²) >= 11 is 0. The highest BCUT2D eigenvalue weighted by molar-refractivity contribution is 5.87. The molecule has 8 heteroatoms. The molecule has 2 N–H and O–H groups in total. The molecule has 2 aliphatic rings. The first-order valence-corrected chi connectivity index (χ1v) is 12.0. The number of rotatable bonds is 10. The maximum absolute atomic E-state index is 13.1. The number of alkyl carbamates (subject to hydrolysis) is 1. The summed E-state index contributed by atoms with van der Waals surface area (Å²) in [5.74, 6) is -0.809. The normalized spacial score (nSPS) is 16.6. The summed E-state index contributed by atoms with van der Waals surface area (Å²) in [5.41, 5.74) is 4.53. The monoisotopic (exact) mass is 480 g/mol. The van der Waals surface area contributed by atoms with Crippen LogP contribution in [0.4, 0.5) is 4.79 Å². The average Bonchev–Trinajstić information content (AvgIpc) is 3.15. The molecular weight excluding hydrogens is 448 g/mol. The summed E-state index contributed by atoms with van der Waals surface area (Å²) in [6.07, 6.45) is 0.303. The van der Waals surface area contributed by atoms with E-state index in [1.807, 2.05) is 24.3 Å². The SMILES string of the molecule is COC(C)C(NC(=O)OCC1c2ccccc2-c2ccccc21)C(=O)N1CC(CCCC(=O)O)C1. The number of ether oxygens (including phenoxy) is 2. The molecule has 0 bridgehead atoms. The van der Waals surface area contributed by atoms with Gasteiger partial charge in [-0.15, -0.1) is 0 Å². The summed E-state index contributed by atoms with van der Waals surface area (Å²) in [7, 11) is 1.50. The zero-order chi connectivity index (χ0) is 24.9. The van der Waals surface area contributed by atoms with Gasteiger partial charge in [0.25, 0.3) is 0 Å². The van der Waals surface area contributed by atoms with Gasteiger partial charge in [0, 0.05) is 32.5 Å². The minimum Gasteiger partial charge on any atom is -0.481 e. The summed E-state index contributed by atoms with van der Waals surface area (Å²) in [6, 6.07) is 15.4. The van der Waals surface area contributed by atoms with Crippen molar-refractivity contribution in [3.8, 4) is 11.1 Å². The van der Waals surface area contributed by atoms with Gasteiger partial charge in [-0.05, 0) is 47.9 Å². The maximum atomic E-state index is 13.1. The third-order valence-corrected chi connectivity index (χ3v) is 7.00. The molecule has 2 unspecified atom stereocenters. The third kappa shape index (κ3) is 5.48. The number of methoxy groups -OCH3 is 1. The van der Waals surface area contributed by atoms with Gasteiger partial charge in [0.05, 0.1) is 6.10 Å². The molecule has 1 aliphatic carbocycles. The van der Waals surface area contributed by atoms with Crippen LogP contribution in [0.1, 0.15) is 43.2 Å². The molecule has 186 valence electrons. The van der Waals surface area contributed by atoms with Gasteiger partial charge in [0.1, 0.15) is 12.6 Å². The Hall–Kier alpha value is -3.39. The largest absolute Gasteiger partial charge is 0.481 e. The number of nitrogens with one attached hydrogen (secondary N) is 1. The zero-order valence-electron chi connectivity index (χ0n) is 20.1. The van der Waals surface area contributed by atoms with E-state index in [-0.39, 0.29) is 30.8 Å². The van der Waals surface area contributed by atoms with Crippen LogP contribution >= 0.6 is 0 Å². The van der Waals surface area contributed by atoms with Gasteiger partial charge in [-0.25, -0.2) is 4.79 Å². The molecular formula is C27H32N2O6. The van der Waals surface area contributed by atoms with Crippen molar-refractivity contribution in [2.24, 2.45) is 5.92 Å². The zero-order valence-corrected chi connectivity index (χ0v) is 20.1. The van der Waals surface area contributed by atoms with Crippen LogP contribution in [0.3, 0.4) is 0 Å². The lowest BCUT2D eigenvalue weighted by atomic mass is 9.92. The number of nitrogens with zero attached hydrogens (tertiary/aromatic N) is 1. The second-order valence-corrected chi connectivity index (χ2v) is 9.28. The van der Waals surface area contributed by atoms with Gasteiger partial charge in [0.2, 0.25) is 5.91 Å². The number of hydrogen-bond acceptors (Lipinski definition) is 5. The number of carboxylic acid groups (broad SMARTS) is 1. The number of hydrogen-bond donors (Lipinski definition) is 2. The Morgan fingerprint density at radius 2 is 1.66 bits per heavy atom. The van der Waals surface area contributed by atoms with E-state index in [1.54, 1.807) is 11.8 Å². The van der Waals surface area contributed by atoms with E-state index < -0.39 is 24.2 Å². The molecule has 1 saturated heterocycles. The van der Waals surface area contributed by atoms with Crippen LogP contribution in [0.15, 0.2) is 48.5 Å². The summed E-state index contributed by atoms with van der Waals surface area (Å²) in [6.45, 7) is 3.00. The molecule has 0 aromatic heterocycles. The van der Waals surface area contributed by atoms with Crippen LogP contribution < -0.4 is 5.32 Å².